The molecule has 0 saturated carbocycles. The zero-order valence-corrected chi connectivity index (χ0v) is 14.9. The number of fused-ring (bicyclic) bond motifs is 1. The highest BCUT2D eigenvalue weighted by atomic mass is 16.3. The maximum Gasteiger partial charge on any atom is 0.315 e. The Labute approximate surface area is 148 Å². The lowest BCUT2D eigenvalue weighted by Crippen LogP contribution is -2.41. The zero-order chi connectivity index (χ0) is 17.9. The number of amides is 2. The Bertz CT molecular complexity index is 814. The van der Waals surface area contributed by atoms with Crippen molar-refractivity contribution in [3.8, 4) is 0 Å². The summed E-state index contributed by atoms with van der Waals surface area (Å²) in [6, 6.07) is 19.1. The number of para-hydroxylation sites is 1. The van der Waals surface area contributed by atoms with E-state index in [1.54, 1.807) is 0 Å². The largest absolute Gasteiger partial charge is 0.459 e. The quantitative estimate of drug-likeness (QED) is 0.714. The number of furan rings is 1. The number of carbonyl (C=O) groups excluding carboxylic acids is 1. The maximum atomic E-state index is 12.4. The minimum absolute atomic E-state index is 0.0267. The fraction of sp³-hybridized carbons (Fsp3) is 0.286. The molecule has 1 unspecified atom stereocenters. The van der Waals surface area contributed by atoms with Crippen molar-refractivity contribution in [2.24, 2.45) is 5.41 Å². The van der Waals surface area contributed by atoms with Gasteiger partial charge in [0, 0.05) is 11.9 Å². The molecule has 0 saturated heterocycles. The first kappa shape index (κ1) is 17.1. The molecule has 0 aliphatic carbocycles. The molecule has 2 aromatic carbocycles. The van der Waals surface area contributed by atoms with Crippen molar-refractivity contribution >= 4 is 17.0 Å². The number of benzene rings is 2. The minimum Gasteiger partial charge on any atom is -0.459 e. The van der Waals surface area contributed by atoms with E-state index in [4.69, 9.17) is 4.42 Å². The van der Waals surface area contributed by atoms with Crippen molar-refractivity contribution in [1.29, 1.82) is 0 Å². The molecule has 0 spiro atoms. The molecule has 0 radical (unpaired) electrons. The van der Waals surface area contributed by atoms with Crippen molar-refractivity contribution in [3.05, 3.63) is 72.0 Å². The first-order chi connectivity index (χ1) is 11.9. The van der Waals surface area contributed by atoms with Crippen LogP contribution in [-0.4, -0.2) is 12.6 Å². The molecule has 4 nitrogen and oxygen atoms in total. The first-order valence-corrected chi connectivity index (χ1v) is 8.50. The molecule has 0 fully saturated rings. The zero-order valence-electron chi connectivity index (χ0n) is 14.9. The van der Waals surface area contributed by atoms with Crippen molar-refractivity contribution in [2.45, 2.75) is 26.8 Å². The van der Waals surface area contributed by atoms with Crippen LogP contribution in [0.15, 0.2) is 65.1 Å². The lowest BCUT2D eigenvalue weighted by molar-refractivity contribution is 0.232. The first-order valence-electron chi connectivity index (χ1n) is 8.50. The summed E-state index contributed by atoms with van der Waals surface area (Å²) in [5.41, 5.74) is 1.82. The molecule has 130 valence electrons. The molecule has 1 aromatic heterocycles. The molecule has 3 rings (SSSR count). The number of hydrogen-bond acceptors (Lipinski definition) is 2. The van der Waals surface area contributed by atoms with Gasteiger partial charge in [-0.3, -0.25) is 0 Å². The highest BCUT2D eigenvalue weighted by Crippen LogP contribution is 2.28. The summed E-state index contributed by atoms with van der Waals surface area (Å²) < 4.78 is 5.99. The minimum atomic E-state index is -0.339. The van der Waals surface area contributed by atoms with Gasteiger partial charge in [-0.25, -0.2) is 4.79 Å². The molecule has 2 N–H and O–H groups in total. The molecule has 0 bridgehead atoms. The second kappa shape index (κ2) is 7.01. The van der Waals surface area contributed by atoms with Gasteiger partial charge in [0.2, 0.25) is 0 Å². The predicted octanol–water partition coefficient (Wildman–Crippen LogP) is 4.87. The van der Waals surface area contributed by atoms with Crippen LogP contribution in [0.2, 0.25) is 0 Å². The summed E-state index contributed by atoms with van der Waals surface area (Å²) in [6.45, 7) is 6.85. The second-order valence-electron chi connectivity index (χ2n) is 7.42. The van der Waals surface area contributed by atoms with E-state index in [9.17, 15) is 4.79 Å². The summed E-state index contributed by atoms with van der Waals surface area (Å²) in [5.74, 6) is 0.721. The standard InChI is InChI=1S/C21H24N2O2/c1-21(2,3)14-22-20(24)23-19(15-9-5-4-6-10-15)18-13-16-11-7-8-12-17(16)25-18/h4-13,19H,14H2,1-3H3,(H2,22,23,24). The summed E-state index contributed by atoms with van der Waals surface area (Å²) >= 11 is 0. The predicted molar refractivity (Wildman–Crippen MR) is 100 cm³/mol. The SMILES string of the molecule is CC(C)(C)CNC(=O)NC(c1ccccc1)c1cc2ccccc2o1. The van der Waals surface area contributed by atoms with Gasteiger partial charge in [0.1, 0.15) is 17.4 Å². The summed E-state index contributed by atoms with van der Waals surface area (Å²) in [6.07, 6.45) is 0. The van der Waals surface area contributed by atoms with Crippen LogP contribution >= 0.6 is 0 Å². The van der Waals surface area contributed by atoms with Crippen LogP contribution in [0, 0.1) is 5.41 Å². The summed E-state index contributed by atoms with van der Waals surface area (Å²) in [5, 5.41) is 7.00. The van der Waals surface area contributed by atoms with Crippen LogP contribution in [0.25, 0.3) is 11.0 Å². The van der Waals surface area contributed by atoms with Crippen molar-refractivity contribution in [2.75, 3.05) is 6.54 Å². The fourth-order valence-corrected chi connectivity index (χ4v) is 2.64. The Balaban J connectivity index is 1.87. The summed E-state index contributed by atoms with van der Waals surface area (Å²) in [4.78, 5) is 12.4. The van der Waals surface area contributed by atoms with Gasteiger partial charge in [-0.15, -0.1) is 0 Å². The Morgan fingerprint density at radius 1 is 1.04 bits per heavy atom. The van der Waals surface area contributed by atoms with Gasteiger partial charge in [-0.2, -0.15) is 0 Å². The average Bonchev–Trinajstić information content (AvgIpc) is 3.02. The molecule has 0 aliphatic rings. The molecule has 4 heteroatoms. The molecule has 1 heterocycles. The number of carbonyl (C=O) groups is 1. The van der Waals surface area contributed by atoms with Gasteiger partial charge < -0.3 is 15.1 Å². The topological polar surface area (TPSA) is 54.3 Å². The maximum absolute atomic E-state index is 12.4. The van der Waals surface area contributed by atoms with Gasteiger partial charge in [-0.1, -0.05) is 69.3 Å². The molecular formula is C21H24N2O2. The smallest absolute Gasteiger partial charge is 0.315 e. The van der Waals surface area contributed by atoms with Crippen LogP contribution in [0.5, 0.6) is 0 Å². The van der Waals surface area contributed by atoms with Crippen LogP contribution < -0.4 is 10.6 Å². The highest BCUT2D eigenvalue weighted by Gasteiger charge is 2.21. The van der Waals surface area contributed by atoms with E-state index < -0.39 is 0 Å². The highest BCUT2D eigenvalue weighted by molar-refractivity contribution is 5.79. The van der Waals surface area contributed by atoms with E-state index in [1.807, 2.05) is 60.7 Å². The lowest BCUT2D eigenvalue weighted by atomic mass is 9.97. The Hall–Kier alpha value is -2.75. The fourth-order valence-electron chi connectivity index (χ4n) is 2.64. The van der Waals surface area contributed by atoms with Crippen molar-refractivity contribution in [3.63, 3.8) is 0 Å². The second-order valence-corrected chi connectivity index (χ2v) is 7.42. The van der Waals surface area contributed by atoms with Crippen molar-refractivity contribution < 1.29 is 9.21 Å². The van der Waals surface area contributed by atoms with E-state index in [0.717, 1.165) is 22.3 Å². The van der Waals surface area contributed by atoms with Crippen LogP contribution in [-0.2, 0) is 0 Å². The normalized spacial score (nSPS) is 12.8. The molecule has 2 amide bonds. The van der Waals surface area contributed by atoms with E-state index in [1.165, 1.54) is 0 Å². The number of hydrogen-bond donors (Lipinski definition) is 2. The van der Waals surface area contributed by atoms with Crippen LogP contribution in [0.3, 0.4) is 0 Å². The molecular weight excluding hydrogens is 312 g/mol. The lowest BCUT2D eigenvalue weighted by Gasteiger charge is -2.21. The number of urea groups is 1. The third-order valence-corrected chi connectivity index (χ3v) is 3.92. The Morgan fingerprint density at radius 2 is 1.72 bits per heavy atom. The number of nitrogens with one attached hydrogen (secondary N) is 2. The monoisotopic (exact) mass is 336 g/mol. The average molecular weight is 336 g/mol. The number of rotatable bonds is 4. The van der Waals surface area contributed by atoms with Gasteiger partial charge in [0.15, 0.2) is 0 Å². The van der Waals surface area contributed by atoms with Gasteiger partial charge in [0.25, 0.3) is 0 Å². The molecule has 0 aliphatic heterocycles. The van der Waals surface area contributed by atoms with Crippen LogP contribution in [0.1, 0.15) is 38.1 Å². The Morgan fingerprint density at radius 3 is 2.40 bits per heavy atom. The summed E-state index contributed by atoms with van der Waals surface area (Å²) in [7, 11) is 0. The van der Waals surface area contributed by atoms with Gasteiger partial charge in [-0.05, 0) is 23.1 Å². The van der Waals surface area contributed by atoms with Crippen molar-refractivity contribution in [1.82, 2.24) is 10.6 Å². The van der Waals surface area contributed by atoms with Crippen LogP contribution in [0.4, 0.5) is 4.79 Å². The van der Waals surface area contributed by atoms with E-state index in [2.05, 4.69) is 31.4 Å². The Kier molecular flexibility index (Phi) is 4.79. The van der Waals surface area contributed by atoms with E-state index in [-0.39, 0.29) is 17.5 Å². The van der Waals surface area contributed by atoms with Gasteiger partial charge in [0.05, 0.1) is 0 Å². The van der Waals surface area contributed by atoms with E-state index >= 15 is 0 Å². The molecule has 3 aromatic rings. The molecule has 25 heavy (non-hydrogen) atoms. The molecule has 1 atom stereocenters. The van der Waals surface area contributed by atoms with E-state index in [0.29, 0.717) is 6.54 Å². The third kappa shape index (κ3) is 4.41. The third-order valence-electron chi connectivity index (χ3n) is 3.92. The van der Waals surface area contributed by atoms with Gasteiger partial charge >= 0.3 is 6.03 Å².